The second-order valence-electron chi connectivity index (χ2n) is 4.35. The molecule has 0 aliphatic rings. The molecule has 0 radical (unpaired) electrons. The maximum Gasteiger partial charge on any atom is 0.265 e. The van der Waals surface area contributed by atoms with Crippen molar-refractivity contribution in [3.63, 3.8) is 0 Å². The Bertz CT molecular complexity index is 790. The third-order valence-corrected chi connectivity index (χ3v) is 4.74. The molecule has 0 atom stereocenters. The van der Waals surface area contributed by atoms with Gasteiger partial charge < -0.3 is 5.73 Å². The lowest BCUT2D eigenvalue weighted by atomic mass is 10.2. The van der Waals surface area contributed by atoms with Gasteiger partial charge >= 0.3 is 0 Å². The molecule has 0 unspecified atom stereocenters. The Morgan fingerprint density at radius 3 is 2.52 bits per heavy atom. The highest BCUT2D eigenvalue weighted by atomic mass is 79.9. The topological polar surface area (TPSA) is 72.2 Å². The van der Waals surface area contributed by atoms with Gasteiger partial charge in [-0.25, -0.2) is 17.2 Å². The van der Waals surface area contributed by atoms with Crippen LogP contribution in [0.1, 0.15) is 5.56 Å². The van der Waals surface area contributed by atoms with Crippen LogP contribution in [0.4, 0.5) is 20.2 Å². The summed E-state index contributed by atoms with van der Waals surface area (Å²) in [6, 6.07) is 6.25. The maximum atomic E-state index is 14.0. The van der Waals surface area contributed by atoms with Gasteiger partial charge in [-0.2, -0.15) is 0 Å². The number of aryl methyl sites for hydroxylation is 1. The average molecular weight is 377 g/mol. The molecule has 0 saturated heterocycles. The van der Waals surface area contributed by atoms with Crippen molar-refractivity contribution in [3.8, 4) is 0 Å². The highest BCUT2D eigenvalue weighted by Gasteiger charge is 2.23. The van der Waals surface area contributed by atoms with Crippen LogP contribution in [0.3, 0.4) is 0 Å². The van der Waals surface area contributed by atoms with Crippen LogP contribution in [0.15, 0.2) is 39.7 Å². The summed E-state index contributed by atoms with van der Waals surface area (Å²) in [5, 5.41) is 0. The van der Waals surface area contributed by atoms with Crippen LogP contribution in [-0.2, 0) is 10.0 Å². The summed E-state index contributed by atoms with van der Waals surface area (Å²) in [7, 11) is -4.31. The van der Waals surface area contributed by atoms with E-state index in [0.717, 1.165) is 12.1 Å². The average Bonchev–Trinajstić information content (AvgIpc) is 2.38. The first kappa shape index (κ1) is 15.7. The van der Waals surface area contributed by atoms with Crippen molar-refractivity contribution in [3.05, 3.63) is 52.0 Å². The molecule has 0 aliphatic heterocycles. The minimum atomic E-state index is -4.31. The molecule has 4 nitrogen and oxygen atoms in total. The number of nitrogen functional groups attached to an aromatic ring is 1. The monoisotopic (exact) mass is 376 g/mol. The number of nitrogens with one attached hydrogen (secondary N) is 1. The Hall–Kier alpha value is -1.67. The predicted octanol–water partition coefficient (Wildman–Crippen LogP) is 3.42. The van der Waals surface area contributed by atoms with E-state index in [1.165, 1.54) is 25.1 Å². The minimum absolute atomic E-state index is 0.0861. The minimum Gasteiger partial charge on any atom is -0.399 e. The highest BCUT2D eigenvalue weighted by Crippen LogP contribution is 2.29. The quantitative estimate of drug-likeness (QED) is 0.806. The van der Waals surface area contributed by atoms with Gasteiger partial charge in [0.25, 0.3) is 10.0 Å². The van der Waals surface area contributed by atoms with E-state index in [-0.39, 0.29) is 21.4 Å². The summed E-state index contributed by atoms with van der Waals surface area (Å²) in [5.74, 6) is -1.71. The van der Waals surface area contributed by atoms with E-state index >= 15 is 0 Å². The fraction of sp³-hybridized carbons (Fsp3) is 0.0769. The molecule has 0 amide bonds. The molecule has 0 aliphatic carbocycles. The molecule has 0 heterocycles. The van der Waals surface area contributed by atoms with Crippen LogP contribution in [0.25, 0.3) is 0 Å². The summed E-state index contributed by atoms with van der Waals surface area (Å²) in [4.78, 5) is -0.629. The Morgan fingerprint density at radius 2 is 1.90 bits per heavy atom. The number of hydrogen-bond donors (Lipinski definition) is 2. The van der Waals surface area contributed by atoms with E-state index in [1.807, 2.05) is 4.72 Å². The van der Waals surface area contributed by atoms with Crippen molar-refractivity contribution in [1.29, 1.82) is 0 Å². The van der Waals surface area contributed by atoms with Crippen molar-refractivity contribution in [2.45, 2.75) is 11.8 Å². The smallest absolute Gasteiger partial charge is 0.265 e. The van der Waals surface area contributed by atoms with E-state index in [9.17, 15) is 17.2 Å². The Morgan fingerprint density at radius 1 is 1.24 bits per heavy atom. The molecule has 0 fully saturated rings. The van der Waals surface area contributed by atoms with Crippen LogP contribution < -0.4 is 10.5 Å². The van der Waals surface area contributed by atoms with E-state index in [2.05, 4.69) is 15.9 Å². The third-order valence-electron chi connectivity index (χ3n) is 2.73. The predicted molar refractivity (Wildman–Crippen MR) is 80.5 cm³/mol. The van der Waals surface area contributed by atoms with Crippen molar-refractivity contribution >= 4 is 37.3 Å². The lowest BCUT2D eigenvalue weighted by Gasteiger charge is -2.12. The molecule has 21 heavy (non-hydrogen) atoms. The summed E-state index contributed by atoms with van der Waals surface area (Å²) < 4.78 is 54.4. The number of sulfonamides is 1. The summed E-state index contributed by atoms with van der Waals surface area (Å²) in [6.45, 7) is 1.39. The van der Waals surface area contributed by atoms with E-state index in [1.54, 1.807) is 0 Å². The molecule has 0 spiro atoms. The van der Waals surface area contributed by atoms with Crippen molar-refractivity contribution in [2.24, 2.45) is 0 Å². The van der Waals surface area contributed by atoms with Crippen molar-refractivity contribution < 1.29 is 17.2 Å². The van der Waals surface area contributed by atoms with Gasteiger partial charge in [0.05, 0.1) is 5.69 Å². The van der Waals surface area contributed by atoms with Crippen LogP contribution in [0, 0.1) is 18.6 Å². The van der Waals surface area contributed by atoms with E-state index in [4.69, 9.17) is 5.73 Å². The SMILES string of the molecule is Cc1cc(N)cc(S(=O)(=O)Nc2c(F)cccc2Br)c1F. The molecule has 2 aromatic rings. The first-order chi connectivity index (χ1) is 9.72. The van der Waals surface area contributed by atoms with Crippen LogP contribution >= 0.6 is 15.9 Å². The first-order valence-corrected chi connectivity index (χ1v) is 8.02. The zero-order valence-electron chi connectivity index (χ0n) is 10.8. The number of hydrogen-bond acceptors (Lipinski definition) is 3. The summed E-state index contributed by atoms with van der Waals surface area (Å²) in [6.07, 6.45) is 0. The first-order valence-electron chi connectivity index (χ1n) is 5.75. The van der Waals surface area contributed by atoms with Crippen LogP contribution in [0.2, 0.25) is 0 Å². The zero-order chi connectivity index (χ0) is 15.8. The molecular weight excluding hydrogens is 366 g/mol. The molecule has 0 saturated carbocycles. The molecule has 2 rings (SSSR count). The molecule has 2 aromatic carbocycles. The Balaban J connectivity index is 2.54. The van der Waals surface area contributed by atoms with E-state index < -0.39 is 26.6 Å². The molecular formula is C13H11BrF2N2O2S. The fourth-order valence-electron chi connectivity index (χ4n) is 1.74. The Kier molecular flexibility index (Phi) is 4.20. The second kappa shape index (κ2) is 5.61. The van der Waals surface area contributed by atoms with Gasteiger partial charge in [0, 0.05) is 10.2 Å². The third kappa shape index (κ3) is 3.16. The lowest BCUT2D eigenvalue weighted by molar-refractivity contribution is 0.564. The van der Waals surface area contributed by atoms with Gasteiger partial charge in [-0.3, -0.25) is 4.72 Å². The number of benzene rings is 2. The van der Waals surface area contributed by atoms with Gasteiger partial charge in [0.2, 0.25) is 0 Å². The van der Waals surface area contributed by atoms with Crippen molar-refractivity contribution in [2.75, 3.05) is 10.5 Å². The number of halogens is 3. The fourth-order valence-corrected chi connectivity index (χ4v) is 3.59. The maximum absolute atomic E-state index is 14.0. The van der Waals surface area contributed by atoms with Crippen LogP contribution in [-0.4, -0.2) is 8.42 Å². The second-order valence-corrected chi connectivity index (χ2v) is 6.86. The van der Waals surface area contributed by atoms with Gasteiger partial charge in [0.1, 0.15) is 16.5 Å². The largest absolute Gasteiger partial charge is 0.399 e. The highest BCUT2D eigenvalue weighted by molar-refractivity contribution is 9.10. The molecule has 112 valence electrons. The van der Waals surface area contributed by atoms with Gasteiger partial charge in [-0.05, 0) is 52.7 Å². The van der Waals surface area contributed by atoms with Gasteiger partial charge in [-0.15, -0.1) is 0 Å². The Labute approximate surface area is 129 Å². The summed E-state index contributed by atoms with van der Waals surface area (Å²) >= 11 is 3.03. The van der Waals surface area contributed by atoms with Crippen LogP contribution in [0.5, 0.6) is 0 Å². The van der Waals surface area contributed by atoms with Crippen molar-refractivity contribution in [1.82, 2.24) is 0 Å². The standard InChI is InChI=1S/C13H11BrF2N2O2S/c1-7-5-8(17)6-11(12(7)16)21(19,20)18-13-9(14)3-2-4-10(13)15/h2-6,18H,17H2,1H3. The lowest BCUT2D eigenvalue weighted by Crippen LogP contribution is -2.17. The number of para-hydroxylation sites is 1. The molecule has 0 aromatic heterocycles. The molecule has 3 N–H and O–H groups in total. The summed E-state index contributed by atoms with van der Waals surface area (Å²) in [5.41, 5.74) is 5.43. The number of nitrogens with two attached hydrogens (primary N) is 1. The number of rotatable bonds is 3. The normalized spacial score (nSPS) is 11.4. The van der Waals surface area contributed by atoms with E-state index in [0.29, 0.717) is 0 Å². The van der Waals surface area contributed by atoms with Gasteiger partial charge in [-0.1, -0.05) is 6.07 Å². The van der Waals surface area contributed by atoms with Gasteiger partial charge in [0.15, 0.2) is 0 Å². The zero-order valence-corrected chi connectivity index (χ0v) is 13.2. The molecule has 8 heteroatoms. The molecule has 0 bridgehead atoms. The number of anilines is 2.